The second-order valence-electron chi connectivity index (χ2n) is 6.56. The number of carbonyl (C=O) groups excluding carboxylic acids is 2. The molecule has 1 saturated carbocycles. The molecule has 0 aliphatic heterocycles. The van der Waals surface area contributed by atoms with E-state index in [0.717, 1.165) is 18.4 Å². The third kappa shape index (κ3) is 5.53. The molecule has 0 spiro atoms. The van der Waals surface area contributed by atoms with Gasteiger partial charge in [-0.05, 0) is 48.7 Å². The zero-order chi connectivity index (χ0) is 19.4. The first-order valence-corrected chi connectivity index (χ1v) is 9.43. The van der Waals surface area contributed by atoms with Crippen molar-refractivity contribution in [1.82, 2.24) is 10.2 Å². The molecule has 3 rings (SSSR count). The van der Waals surface area contributed by atoms with Crippen LogP contribution in [0.2, 0.25) is 0 Å². The van der Waals surface area contributed by atoms with Crippen LogP contribution >= 0.6 is 15.9 Å². The highest BCUT2D eigenvalue weighted by molar-refractivity contribution is 9.10. The van der Waals surface area contributed by atoms with Crippen LogP contribution in [0, 0.1) is 5.82 Å². The summed E-state index contributed by atoms with van der Waals surface area (Å²) in [7, 11) is 1.65. The number of amides is 2. The minimum atomic E-state index is -0.528. The maximum atomic E-state index is 13.7. The van der Waals surface area contributed by atoms with Crippen molar-refractivity contribution in [3.63, 3.8) is 0 Å². The maximum Gasteiger partial charge on any atom is 0.260 e. The van der Waals surface area contributed by atoms with Gasteiger partial charge in [0.2, 0.25) is 0 Å². The summed E-state index contributed by atoms with van der Waals surface area (Å²) < 4.78 is 19.6. The number of nitrogens with zero attached hydrogens (tertiary/aromatic N) is 1. The van der Waals surface area contributed by atoms with Crippen molar-refractivity contribution in [2.45, 2.75) is 25.4 Å². The predicted molar refractivity (Wildman–Crippen MR) is 103 cm³/mol. The van der Waals surface area contributed by atoms with E-state index in [0.29, 0.717) is 22.6 Å². The van der Waals surface area contributed by atoms with Crippen LogP contribution in [0.3, 0.4) is 0 Å². The molecule has 2 aromatic carbocycles. The zero-order valence-corrected chi connectivity index (χ0v) is 16.5. The van der Waals surface area contributed by atoms with E-state index in [-0.39, 0.29) is 24.2 Å². The second kappa shape index (κ2) is 8.52. The molecule has 2 amide bonds. The summed E-state index contributed by atoms with van der Waals surface area (Å²) in [5.41, 5.74) is 1.50. The maximum absolute atomic E-state index is 13.7. The quantitative estimate of drug-likeness (QED) is 0.724. The average molecular weight is 435 g/mol. The van der Waals surface area contributed by atoms with E-state index in [1.807, 2.05) is 12.1 Å². The summed E-state index contributed by atoms with van der Waals surface area (Å²) >= 11 is 3.17. The molecule has 142 valence electrons. The van der Waals surface area contributed by atoms with Crippen molar-refractivity contribution in [3.05, 3.63) is 63.9 Å². The number of halogens is 2. The Balaban J connectivity index is 1.50. The van der Waals surface area contributed by atoms with Gasteiger partial charge in [0.1, 0.15) is 0 Å². The fourth-order valence-corrected chi connectivity index (χ4v) is 2.80. The monoisotopic (exact) mass is 434 g/mol. The summed E-state index contributed by atoms with van der Waals surface area (Å²) in [5, 5.41) is 2.94. The molecule has 0 unspecified atom stereocenters. The number of nitrogens with one attached hydrogen (secondary N) is 1. The third-order valence-electron chi connectivity index (χ3n) is 4.22. The number of likely N-dealkylation sites (N-methyl/N-ethyl adjacent to an activating group) is 1. The molecule has 1 fully saturated rings. The lowest BCUT2D eigenvalue weighted by Gasteiger charge is -2.18. The number of ether oxygens (including phenoxy) is 1. The molecule has 5 nitrogen and oxygen atoms in total. The molecule has 0 radical (unpaired) electrons. The molecule has 0 aromatic heterocycles. The summed E-state index contributed by atoms with van der Waals surface area (Å²) in [5.74, 6) is -0.836. The summed E-state index contributed by atoms with van der Waals surface area (Å²) in [4.78, 5) is 25.7. The van der Waals surface area contributed by atoms with Crippen LogP contribution in [0.15, 0.2) is 46.9 Å². The van der Waals surface area contributed by atoms with Crippen LogP contribution in [0.5, 0.6) is 5.75 Å². The van der Waals surface area contributed by atoms with Crippen LogP contribution < -0.4 is 10.1 Å². The van der Waals surface area contributed by atoms with Gasteiger partial charge in [0, 0.05) is 29.7 Å². The third-order valence-corrected chi connectivity index (χ3v) is 4.71. The molecule has 1 aliphatic rings. The number of hydrogen-bond acceptors (Lipinski definition) is 3. The summed E-state index contributed by atoms with van der Waals surface area (Å²) in [6.07, 6.45) is 2.09. The Labute approximate surface area is 165 Å². The minimum Gasteiger partial charge on any atom is -0.481 e. The number of hydrogen-bond donors (Lipinski definition) is 1. The van der Waals surface area contributed by atoms with Crippen LogP contribution in [0.1, 0.15) is 28.8 Å². The van der Waals surface area contributed by atoms with E-state index >= 15 is 0 Å². The molecular weight excluding hydrogens is 415 g/mol. The minimum absolute atomic E-state index is 0.0333. The Kier molecular flexibility index (Phi) is 6.11. The molecule has 2 aromatic rings. The van der Waals surface area contributed by atoms with Gasteiger partial charge in [0.25, 0.3) is 11.8 Å². The van der Waals surface area contributed by atoms with Crippen molar-refractivity contribution in [2.24, 2.45) is 0 Å². The Morgan fingerprint density at radius 1 is 1.22 bits per heavy atom. The fourth-order valence-electron chi connectivity index (χ4n) is 2.46. The summed E-state index contributed by atoms with van der Waals surface area (Å²) in [6, 6.07) is 11.9. The second-order valence-corrected chi connectivity index (χ2v) is 7.47. The predicted octanol–water partition coefficient (Wildman–Crippen LogP) is 3.52. The van der Waals surface area contributed by atoms with Crippen molar-refractivity contribution in [1.29, 1.82) is 0 Å². The van der Waals surface area contributed by atoms with E-state index in [1.54, 1.807) is 25.2 Å². The van der Waals surface area contributed by atoms with E-state index in [2.05, 4.69) is 21.2 Å². The van der Waals surface area contributed by atoms with Crippen molar-refractivity contribution >= 4 is 27.7 Å². The molecule has 7 heteroatoms. The van der Waals surface area contributed by atoms with Gasteiger partial charge in [-0.1, -0.05) is 28.1 Å². The molecular formula is C20H20BrFN2O3. The van der Waals surface area contributed by atoms with E-state index < -0.39 is 5.82 Å². The Hall–Kier alpha value is -2.41. The van der Waals surface area contributed by atoms with Crippen molar-refractivity contribution < 1.29 is 18.7 Å². The van der Waals surface area contributed by atoms with Gasteiger partial charge < -0.3 is 15.0 Å². The fraction of sp³-hybridized carbons (Fsp3) is 0.300. The van der Waals surface area contributed by atoms with Gasteiger partial charge in [0.05, 0.1) is 0 Å². The molecule has 1 aliphatic carbocycles. The Morgan fingerprint density at radius 3 is 2.56 bits per heavy atom. The molecule has 1 N–H and O–H groups in total. The van der Waals surface area contributed by atoms with Crippen LogP contribution in [-0.2, 0) is 11.3 Å². The van der Waals surface area contributed by atoms with Crippen molar-refractivity contribution in [2.75, 3.05) is 13.7 Å². The van der Waals surface area contributed by atoms with Gasteiger partial charge in [-0.25, -0.2) is 4.39 Å². The van der Waals surface area contributed by atoms with Crippen LogP contribution in [-0.4, -0.2) is 36.4 Å². The molecule has 0 bridgehead atoms. The molecule has 27 heavy (non-hydrogen) atoms. The zero-order valence-electron chi connectivity index (χ0n) is 14.9. The van der Waals surface area contributed by atoms with Gasteiger partial charge >= 0.3 is 0 Å². The first-order chi connectivity index (χ1) is 12.9. The van der Waals surface area contributed by atoms with Crippen LogP contribution in [0.25, 0.3) is 0 Å². The lowest BCUT2D eigenvalue weighted by Crippen LogP contribution is -2.31. The van der Waals surface area contributed by atoms with E-state index in [9.17, 15) is 14.0 Å². The van der Waals surface area contributed by atoms with Gasteiger partial charge in [0.15, 0.2) is 18.2 Å². The number of carbonyl (C=O) groups is 2. The lowest BCUT2D eigenvalue weighted by molar-refractivity contribution is -0.132. The van der Waals surface area contributed by atoms with Crippen LogP contribution in [0.4, 0.5) is 4.39 Å². The first kappa shape index (κ1) is 19.4. The first-order valence-electron chi connectivity index (χ1n) is 8.64. The Bertz CT molecular complexity index is 838. The topological polar surface area (TPSA) is 58.6 Å². The molecule has 0 heterocycles. The molecule has 0 saturated heterocycles. The smallest absolute Gasteiger partial charge is 0.260 e. The molecule has 0 atom stereocenters. The summed E-state index contributed by atoms with van der Waals surface area (Å²) in [6.45, 7) is 0.118. The highest BCUT2D eigenvalue weighted by atomic mass is 79.9. The highest BCUT2D eigenvalue weighted by Gasteiger charge is 2.23. The lowest BCUT2D eigenvalue weighted by atomic mass is 10.1. The van der Waals surface area contributed by atoms with Gasteiger partial charge in [-0.3, -0.25) is 9.59 Å². The van der Waals surface area contributed by atoms with E-state index in [4.69, 9.17) is 4.74 Å². The number of benzene rings is 2. The van der Waals surface area contributed by atoms with E-state index in [1.165, 1.54) is 17.0 Å². The SMILES string of the molecule is CN(Cc1ccc(C(=O)NC2CC2)cc1)C(=O)COc1ccc(Br)cc1F. The van der Waals surface area contributed by atoms with Gasteiger partial charge in [-0.15, -0.1) is 0 Å². The van der Waals surface area contributed by atoms with Crippen molar-refractivity contribution in [3.8, 4) is 5.75 Å². The number of rotatable bonds is 7. The van der Waals surface area contributed by atoms with Gasteiger partial charge in [-0.2, -0.15) is 0 Å². The standard InChI is InChI=1S/C20H20BrFN2O3/c1-24(19(25)12-27-18-9-6-15(21)10-17(18)22)11-13-2-4-14(5-3-13)20(26)23-16-7-8-16/h2-6,9-10,16H,7-8,11-12H2,1H3,(H,23,26). The Morgan fingerprint density at radius 2 is 1.93 bits per heavy atom. The highest BCUT2D eigenvalue weighted by Crippen LogP contribution is 2.21. The normalized spacial score (nSPS) is 13.1. The largest absolute Gasteiger partial charge is 0.481 e. The average Bonchev–Trinajstić information content (AvgIpc) is 3.45.